The fourth-order valence-corrected chi connectivity index (χ4v) is 1.95. The summed E-state index contributed by atoms with van der Waals surface area (Å²) < 4.78 is 43.3. The minimum atomic E-state index is -4.56. The van der Waals surface area contributed by atoms with Gasteiger partial charge in [-0.15, -0.1) is 0 Å². The van der Waals surface area contributed by atoms with Crippen molar-refractivity contribution in [3.8, 4) is 11.8 Å². The van der Waals surface area contributed by atoms with Crippen molar-refractivity contribution in [2.45, 2.75) is 6.18 Å². The molecule has 0 radical (unpaired) electrons. The van der Waals surface area contributed by atoms with Crippen LogP contribution in [0.25, 0.3) is 0 Å². The summed E-state index contributed by atoms with van der Waals surface area (Å²) >= 11 is 0. The van der Waals surface area contributed by atoms with Crippen molar-refractivity contribution in [3.63, 3.8) is 0 Å². The molecular formula is C16H10F3NO2. The van der Waals surface area contributed by atoms with E-state index in [-0.39, 0.29) is 22.4 Å². The third-order valence-electron chi connectivity index (χ3n) is 3.03. The Morgan fingerprint density at radius 1 is 1.18 bits per heavy atom. The quantitative estimate of drug-likeness (QED) is 0.810. The van der Waals surface area contributed by atoms with Crippen molar-refractivity contribution < 1.29 is 22.7 Å². The molecule has 0 N–H and O–H groups in total. The highest BCUT2D eigenvalue weighted by molar-refractivity contribution is 6.11. The van der Waals surface area contributed by atoms with Crippen LogP contribution in [0.15, 0.2) is 42.5 Å². The first-order valence-corrected chi connectivity index (χ1v) is 6.17. The maximum atomic E-state index is 12.8. The number of carbonyl (C=O) groups is 1. The molecule has 2 rings (SSSR count). The monoisotopic (exact) mass is 305 g/mol. The molecule has 0 heterocycles. The predicted molar refractivity (Wildman–Crippen MR) is 72.6 cm³/mol. The zero-order chi connectivity index (χ0) is 16.3. The Morgan fingerprint density at radius 3 is 2.50 bits per heavy atom. The minimum Gasteiger partial charge on any atom is -0.496 e. The molecule has 6 heteroatoms. The first kappa shape index (κ1) is 15.6. The molecule has 0 aliphatic rings. The molecule has 0 amide bonds. The Balaban J connectivity index is 2.54. The van der Waals surface area contributed by atoms with E-state index < -0.39 is 17.5 Å². The largest absolute Gasteiger partial charge is 0.496 e. The molecule has 0 aliphatic carbocycles. The lowest BCUT2D eigenvalue weighted by Gasteiger charge is -2.12. The summed E-state index contributed by atoms with van der Waals surface area (Å²) in [6.45, 7) is 0. The van der Waals surface area contributed by atoms with Crippen LogP contribution >= 0.6 is 0 Å². The molecule has 0 saturated heterocycles. The van der Waals surface area contributed by atoms with Crippen molar-refractivity contribution in [1.29, 1.82) is 5.26 Å². The average Bonchev–Trinajstić information content (AvgIpc) is 2.52. The van der Waals surface area contributed by atoms with Gasteiger partial charge in [-0.25, -0.2) is 0 Å². The summed E-state index contributed by atoms with van der Waals surface area (Å²) in [6.07, 6.45) is -4.56. The molecule has 0 fully saturated rings. The van der Waals surface area contributed by atoms with Gasteiger partial charge in [0, 0.05) is 5.56 Å². The number of nitriles is 1. The lowest BCUT2D eigenvalue weighted by Crippen LogP contribution is -2.10. The number of carbonyl (C=O) groups excluding carboxylic acids is 1. The van der Waals surface area contributed by atoms with Gasteiger partial charge in [0.15, 0.2) is 5.78 Å². The summed E-state index contributed by atoms with van der Waals surface area (Å²) in [4.78, 5) is 12.4. The predicted octanol–water partition coefficient (Wildman–Crippen LogP) is 3.82. The molecule has 112 valence electrons. The molecule has 2 aromatic carbocycles. The molecule has 3 nitrogen and oxygen atoms in total. The normalized spacial score (nSPS) is 10.9. The molecule has 0 saturated carbocycles. The first-order chi connectivity index (χ1) is 10.4. The molecule has 2 aromatic rings. The zero-order valence-electron chi connectivity index (χ0n) is 11.4. The van der Waals surface area contributed by atoms with Crippen LogP contribution in [0.4, 0.5) is 13.2 Å². The highest BCUT2D eigenvalue weighted by atomic mass is 19.4. The van der Waals surface area contributed by atoms with E-state index in [4.69, 9.17) is 10.00 Å². The number of ketones is 1. The highest BCUT2D eigenvalue weighted by Crippen LogP contribution is 2.33. The van der Waals surface area contributed by atoms with Gasteiger partial charge in [-0.3, -0.25) is 4.79 Å². The highest BCUT2D eigenvalue weighted by Gasteiger charge is 2.32. The van der Waals surface area contributed by atoms with Crippen molar-refractivity contribution >= 4 is 5.78 Å². The number of benzene rings is 2. The van der Waals surface area contributed by atoms with Crippen LogP contribution in [0.2, 0.25) is 0 Å². The van der Waals surface area contributed by atoms with Gasteiger partial charge >= 0.3 is 6.18 Å². The van der Waals surface area contributed by atoms with Gasteiger partial charge in [-0.2, -0.15) is 18.4 Å². The summed E-state index contributed by atoms with van der Waals surface area (Å²) in [5.41, 5.74) is -0.769. The Kier molecular flexibility index (Phi) is 4.18. The lowest BCUT2D eigenvalue weighted by atomic mass is 9.99. The number of ether oxygens (including phenoxy) is 1. The summed E-state index contributed by atoms with van der Waals surface area (Å²) in [5, 5.41) is 8.83. The van der Waals surface area contributed by atoms with Crippen molar-refractivity contribution in [2.24, 2.45) is 0 Å². The second-order valence-electron chi connectivity index (χ2n) is 4.43. The number of nitrogens with zero attached hydrogens (tertiary/aromatic N) is 1. The molecule has 0 unspecified atom stereocenters. The average molecular weight is 305 g/mol. The van der Waals surface area contributed by atoms with Crippen LogP contribution in [0, 0.1) is 11.3 Å². The van der Waals surface area contributed by atoms with Gasteiger partial charge in [0.05, 0.1) is 29.9 Å². The Hall–Kier alpha value is -2.81. The second kappa shape index (κ2) is 5.90. The number of rotatable bonds is 3. The molecule has 22 heavy (non-hydrogen) atoms. The standard InChI is InChI=1S/C16H10F3NO2/c1-22-14-6-5-12(16(17,18)19)8-13(14)15(21)11-4-2-3-10(7-11)9-20/h2-8H,1H3. The van der Waals surface area contributed by atoms with Gasteiger partial charge in [0.1, 0.15) is 5.75 Å². The molecule has 0 aromatic heterocycles. The van der Waals surface area contributed by atoms with Crippen LogP contribution in [0.1, 0.15) is 27.0 Å². The van der Waals surface area contributed by atoms with Crippen molar-refractivity contribution in [1.82, 2.24) is 0 Å². The first-order valence-electron chi connectivity index (χ1n) is 6.17. The third kappa shape index (κ3) is 3.09. The topological polar surface area (TPSA) is 50.1 Å². The SMILES string of the molecule is COc1ccc(C(F)(F)F)cc1C(=O)c1cccc(C#N)c1. The van der Waals surface area contributed by atoms with E-state index in [2.05, 4.69) is 0 Å². The number of hydrogen-bond donors (Lipinski definition) is 0. The third-order valence-corrected chi connectivity index (χ3v) is 3.03. The molecule has 0 bridgehead atoms. The number of alkyl halides is 3. The lowest BCUT2D eigenvalue weighted by molar-refractivity contribution is -0.137. The molecule has 0 aliphatic heterocycles. The van der Waals surface area contributed by atoms with E-state index >= 15 is 0 Å². The number of hydrogen-bond acceptors (Lipinski definition) is 3. The number of methoxy groups -OCH3 is 1. The smallest absolute Gasteiger partial charge is 0.416 e. The molecular weight excluding hydrogens is 295 g/mol. The summed E-state index contributed by atoms with van der Waals surface area (Å²) in [5.74, 6) is -0.597. The van der Waals surface area contributed by atoms with Crippen molar-refractivity contribution in [2.75, 3.05) is 7.11 Å². The summed E-state index contributed by atoms with van der Waals surface area (Å²) in [6, 6.07) is 10.3. The Labute approximate surface area is 124 Å². The fraction of sp³-hybridized carbons (Fsp3) is 0.125. The van der Waals surface area contributed by atoms with E-state index in [1.54, 1.807) is 0 Å². The van der Waals surface area contributed by atoms with E-state index in [0.717, 1.165) is 18.2 Å². The van der Waals surface area contributed by atoms with E-state index in [1.165, 1.54) is 31.4 Å². The molecule has 0 spiro atoms. The Morgan fingerprint density at radius 2 is 1.91 bits per heavy atom. The fourth-order valence-electron chi connectivity index (χ4n) is 1.95. The number of halogens is 3. The van der Waals surface area contributed by atoms with E-state index in [1.807, 2.05) is 6.07 Å². The minimum absolute atomic E-state index is 0.0420. The van der Waals surface area contributed by atoms with Gasteiger partial charge in [-0.05, 0) is 30.3 Å². The van der Waals surface area contributed by atoms with Crippen LogP contribution in [0.5, 0.6) is 5.75 Å². The van der Waals surface area contributed by atoms with Gasteiger partial charge in [0.2, 0.25) is 0 Å². The maximum Gasteiger partial charge on any atom is 0.416 e. The van der Waals surface area contributed by atoms with E-state index in [0.29, 0.717) is 0 Å². The van der Waals surface area contributed by atoms with E-state index in [9.17, 15) is 18.0 Å². The van der Waals surface area contributed by atoms with Crippen LogP contribution in [0.3, 0.4) is 0 Å². The van der Waals surface area contributed by atoms with Crippen LogP contribution in [-0.4, -0.2) is 12.9 Å². The van der Waals surface area contributed by atoms with Gasteiger partial charge < -0.3 is 4.74 Å². The van der Waals surface area contributed by atoms with Crippen molar-refractivity contribution in [3.05, 3.63) is 64.7 Å². The van der Waals surface area contributed by atoms with Crippen LogP contribution < -0.4 is 4.74 Å². The van der Waals surface area contributed by atoms with Crippen LogP contribution in [-0.2, 0) is 6.18 Å². The Bertz CT molecular complexity index is 761. The molecule has 0 atom stereocenters. The van der Waals surface area contributed by atoms with Gasteiger partial charge in [0.25, 0.3) is 0 Å². The summed E-state index contributed by atoms with van der Waals surface area (Å²) in [7, 11) is 1.27. The second-order valence-corrected chi connectivity index (χ2v) is 4.43. The maximum absolute atomic E-state index is 12.8. The van der Waals surface area contributed by atoms with Gasteiger partial charge in [-0.1, -0.05) is 12.1 Å². The zero-order valence-corrected chi connectivity index (χ0v) is 11.4.